The second-order valence-corrected chi connectivity index (χ2v) is 4.40. The van der Waals surface area contributed by atoms with Crippen LogP contribution in [0, 0.1) is 10.1 Å². The van der Waals surface area contributed by atoms with E-state index in [-0.39, 0.29) is 10.2 Å². The summed E-state index contributed by atoms with van der Waals surface area (Å²) in [5.74, 6) is -0.461. The predicted molar refractivity (Wildman–Crippen MR) is 62.9 cm³/mol. The van der Waals surface area contributed by atoms with Gasteiger partial charge >= 0.3 is 12.0 Å². The first kappa shape index (κ1) is 13.5. The molecule has 0 aliphatic rings. The number of alkyl halides is 3. The number of hydrogen-bond donors (Lipinski definition) is 0. The van der Waals surface area contributed by atoms with Crippen LogP contribution in [0.5, 0.6) is 0 Å². The molecule has 2 rings (SSSR count). The molecule has 9 heteroatoms. The second kappa shape index (κ2) is 4.65. The summed E-state index contributed by atoms with van der Waals surface area (Å²) < 4.78 is 38.8. The Labute approximate surface area is 112 Å². The Morgan fingerprint density at radius 2 is 2.05 bits per heavy atom. The van der Waals surface area contributed by atoms with E-state index in [0.29, 0.717) is 0 Å². The standard InChI is InChI=1S/C10H5BrF3N3O2/c11-8-5-16(15-9(8)17(18)19)7-3-1-2-6(4-7)10(12,13)14/h1-5H. The van der Waals surface area contributed by atoms with Crippen LogP contribution in [0.3, 0.4) is 0 Å². The molecule has 1 heterocycles. The largest absolute Gasteiger partial charge is 0.416 e. The highest BCUT2D eigenvalue weighted by Gasteiger charge is 2.31. The van der Waals surface area contributed by atoms with Crippen molar-refractivity contribution in [3.63, 3.8) is 0 Å². The lowest BCUT2D eigenvalue weighted by atomic mass is 10.2. The molecule has 0 spiro atoms. The van der Waals surface area contributed by atoms with E-state index in [0.717, 1.165) is 16.8 Å². The fourth-order valence-electron chi connectivity index (χ4n) is 1.42. The molecule has 0 radical (unpaired) electrons. The number of nitrogens with zero attached hydrogens (tertiary/aromatic N) is 3. The summed E-state index contributed by atoms with van der Waals surface area (Å²) in [7, 11) is 0. The molecule has 1 aromatic carbocycles. The summed E-state index contributed by atoms with van der Waals surface area (Å²) in [6, 6.07) is 4.36. The Bertz CT molecular complexity index is 639. The molecule has 0 bridgehead atoms. The van der Waals surface area contributed by atoms with E-state index in [2.05, 4.69) is 21.0 Å². The molecule has 1 aromatic heterocycles. The monoisotopic (exact) mass is 335 g/mol. The molecule has 0 fully saturated rings. The summed E-state index contributed by atoms with van der Waals surface area (Å²) in [6.07, 6.45) is -3.25. The number of hydrogen-bond acceptors (Lipinski definition) is 3. The van der Waals surface area contributed by atoms with Gasteiger partial charge in [-0.25, -0.2) is 0 Å². The van der Waals surface area contributed by atoms with Crippen molar-refractivity contribution < 1.29 is 18.1 Å². The van der Waals surface area contributed by atoms with E-state index >= 15 is 0 Å². The molecule has 2 aromatic rings. The zero-order chi connectivity index (χ0) is 14.2. The molecule has 0 saturated heterocycles. The fourth-order valence-corrected chi connectivity index (χ4v) is 1.84. The first-order valence-electron chi connectivity index (χ1n) is 4.86. The van der Waals surface area contributed by atoms with Gasteiger partial charge in [0.1, 0.15) is 4.47 Å². The maximum atomic E-state index is 12.5. The minimum Gasteiger partial charge on any atom is -0.358 e. The number of halogens is 4. The maximum absolute atomic E-state index is 12.5. The second-order valence-electron chi connectivity index (χ2n) is 3.55. The highest BCUT2D eigenvalue weighted by molar-refractivity contribution is 9.10. The van der Waals surface area contributed by atoms with Gasteiger partial charge in [-0.3, -0.25) is 0 Å². The van der Waals surface area contributed by atoms with Crippen LogP contribution in [-0.2, 0) is 6.18 Å². The summed E-state index contributed by atoms with van der Waals surface area (Å²) in [5.41, 5.74) is -0.761. The Kier molecular flexibility index (Phi) is 3.31. The Balaban J connectivity index is 2.48. The third-order valence-electron chi connectivity index (χ3n) is 2.26. The van der Waals surface area contributed by atoms with Crippen LogP contribution in [0.1, 0.15) is 5.56 Å². The van der Waals surface area contributed by atoms with Crippen molar-refractivity contribution in [3.05, 3.63) is 50.6 Å². The van der Waals surface area contributed by atoms with Crippen molar-refractivity contribution in [3.8, 4) is 5.69 Å². The van der Waals surface area contributed by atoms with Gasteiger partial charge in [0, 0.05) is 0 Å². The summed E-state index contributed by atoms with van der Waals surface area (Å²) in [4.78, 5) is 9.88. The van der Waals surface area contributed by atoms with Crippen LogP contribution < -0.4 is 0 Å². The van der Waals surface area contributed by atoms with Crippen LogP contribution in [0.4, 0.5) is 19.0 Å². The van der Waals surface area contributed by atoms with Gasteiger partial charge in [0.15, 0.2) is 0 Å². The van der Waals surface area contributed by atoms with Crippen molar-refractivity contribution in [2.45, 2.75) is 6.18 Å². The van der Waals surface area contributed by atoms with Crippen molar-refractivity contribution in [2.24, 2.45) is 0 Å². The van der Waals surface area contributed by atoms with Gasteiger partial charge in [0.25, 0.3) is 0 Å². The highest BCUT2D eigenvalue weighted by Crippen LogP contribution is 2.31. The first-order chi connectivity index (χ1) is 8.79. The molecule has 0 saturated carbocycles. The lowest BCUT2D eigenvalue weighted by molar-refractivity contribution is -0.390. The maximum Gasteiger partial charge on any atom is 0.416 e. The van der Waals surface area contributed by atoms with Gasteiger partial charge in [0.2, 0.25) is 0 Å². The van der Waals surface area contributed by atoms with Crippen LogP contribution in [0.15, 0.2) is 34.9 Å². The number of aromatic nitrogens is 2. The van der Waals surface area contributed by atoms with Crippen LogP contribution in [0.25, 0.3) is 5.69 Å². The quantitative estimate of drug-likeness (QED) is 0.622. The number of rotatable bonds is 2. The smallest absolute Gasteiger partial charge is 0.358 e. The molecule has 19 heavy (non-hydrogen) atoms. The molecule has 0 aliphatic carbocycles. The number of benzene rings is 1. The Morgan fingerprint density at radius 1 is 1.37 bits per heavy atom. The minimum atomic E-state index is -4.48. The lowest BCUT2D eigenvalue weighted by Gasteiger charge is -2.06. The molecule has 5 nitrogen and oxygen atoms in total. The van der Waals surface area contributed by atoms with Gasteiger partial charge in [-0.15, -0.1) is 4.68 Å². The number of nitro groups is 1. The van der Waals surface area contributed by atoms with E-state index in [1.165, 1.54) is 18.3 Å². The lowest BCUT2D eigenvalue weighted by Crippen LogP contribution is -2.06. The third-order valence-corrected chi connectivity index (χ3v) is 2.82. The van der Waals surface area contributed by atoms with Gasteiger partial charge in [0.05, 0.1) is 22.5 Å². The highest BCUT2D eigenvalue weighted by atomic mass is 79.9. The van der Waals surface area contributed by atoms with Crippen LogP contribution in [0.2, 0.25) is 0 Å². The van der Waals surface area contributed by atoms with Crippen molar-refractivity contribution in [1.29, 1.82) is 0 Å². The van der Waals surface area contributed by atoms with Crippen LogP contribution >= 0.6 is 15.9 Å². The van der Waals surface area contributed by atoms with Crippen molar-refractivity contribution in [2.75, 3.05) is 0 Å². The zero-order valence-corrected chi connectivity index (χ0v) is 10.6. The van der Waals surface area contributed by atoms with E-state index in [1.54, 1.807) is 0 Å². The summed E-state index contributed by atoms with van der Waals surface area (Å²) in [6.45, 7) is 0. The van der Waals surface area contributed by atoms with E-state index in [4.69, 9.17) is 0 Å². The fraction of sp³-hybridized carbons (Fsp3) is 0.100. The van der Waals surface area contributed by atoms with E-state index < -0.39 is 22.5 Å². The topological polar surface area (TPSA) is 61.0 Å². The van der Waals surface area contributed by atoms with Crippen LogP contribution in [-0.4, -0.2) is 14.7 Å². The van der Waals surface area contributed by atoms with E-state index in [9.17, 15) is 23.3 Å². The van der Waals surface area contributed by atoms with Gasteiger partial charge < -0.3 is 10.1 Å². The zero-order valence-electron chi connectivity index (χ0n) is 9.06. The predicted octanol–water partition coefficient (Wildman–Crippen LogP) is 3.56. The van der Waals surface area contributed by atoms with Gasteiger partial charge in [-0.2, -0.15) is 13.2 Å². The Morgan fingerprint density at radius 3 is 2.58 bits per heavy atom. The molecule has 0 aliphatic heterocycles. The molecule has 0 amide bonds. The molecule has 0 unspecified atom stereocenters. The molecule has 0 N–H and O–H groups in total. The van der Waals surface area contributed by atoms with Gasteiger partial charge in [-0.05, 0) is 39.1 Å². The molecule has 100 valence electrons. The average Bonchev–Trinajstić information content (AvgIpc) is 2.70. The molecule has 0 atom stereocenters. The van der Waals surface area contributed by atoms with Crippen molar-refractivity contribution >= 4 is 21.7 Å². The molecular weight excluding hydrogens is 331 g/mol. The van der Waals surface area contributed by atoms with E-state index in [1.807, 2.05) is 0 Å². The summed E-state index contributed by atoms with van der Waals surface area (Å²) in [5, 5.41) is 14.2. The van der Waals surface area contributed by atoms with Crippen molar-refractivity contribution in [1.82, 2.24) is 9.78 Å². The third kappa shape index (κ3) is 2.75. The summed E-state index contributed by atoms with van der Waals surface area (Å²) >= 11 is 2.93. The average molecular weight is 336 g/mol. The SMILES string of the molecule is O=[N+]([O-])c1nn(-c2cccc(C(F)(F)F)c2)cc1Br. The van der Waals surface area contributed by atoms with Gasteiger partial charge in [-0.1, -0.05) is 6.07 Å². The Hall–Kier alpha value is -1.90. The normalized spacial score (nSPS) is 11.6. The first-order valence-corrected chi connectivity index (χ1v) is 5.65. The minimum absolute atomic E-state index is 0.0867. The molecular formula is C10H5BrF3N3O2.